The molecule has 0 bridgehead atoms. The Hall–Kier alpha value is -0.580. The topological polar surface area (TPSA) is 32.3 Å². The van der Waals surface area contributed by atoms with Crippen LogP contribution in [-0.4, -0.2) is 46.6 Å². The van der Waals surface area contributed by atoms with Crippen molar-refractivity contribution in [1.82, 2.24) is 14.9 Å². The monoisotopic (exact) mass is 314 g/mol. The molecule has 3 heterocycles. The van der Waals surface area contributed by atoms with Crippen LogP contribution in [0.4, 0.5) is 5.82 Å². The minimum Gasteiger partial charge on any atom is -0.351 e. The summed E-state index contributed by atoms with van der Waals surface area (Å²) >= 11 is 12.2. The molecule has 110 valence electrons. The second kappa shape index (κ2) is 6.04. The van der Waals surface area contributed by atoms with Gasteiger partial charge in [-0.25, -0.2) is 9.97 Å². The predicted molar refractivity (Wildman–Crippen MR) is 82.6 cm³/mol. The van der Waals surface area contributed by atoms with Crippen LogP contribution in [0.5, 0.6) is 0 Å². The van der Waals surface area contributed by atoms with E-state index in [0.29, 0.717) is 23.1 Å². The van der Waals surface area contributed by atoms with Crippen LogP contribution in [0, 0.1) is 0 Å². The van der Waals surface area contributed by atoms with Crippen molar-refractivity contribution in [2.75, 3.05) is 24.5 Å². The molecule has 0 aromatic carbocycles. The van der Waals surface area contributed by atoms with E-state index in [0.717, 1.165) is 24.5 Å². The maximum Gasteiger partial charge on any atom is 0.138 e. The van der Waals surface area contributed by atoms with Crippen molar-refractivity contribution >= 4 is 29.0 Å². The lowest BCUT2D eigenvalue weighted by Crippen LogP contribution is -2.59. The minimum absolute atomic E-state index is 0.354. The first-order valence-corrected chi connectivity index (χ1v) is 8.18. The van der Waals surface area contributed by atoms with Crippen LogP contribution < -0.4 is 4.90 Å². The first kappa shape index (κ1) is 14.4. The van der Waals surface area contributed by atoms with Gasteiger partial charge in [0.05, 0.1) is 5.88 Å². The molecule has 0 saturated carbocycles. The molecule has 2 fully saturated rings. The Morgan fingerprint density at radius 2 is 2.15 bits per heavy atom. The van der Waals surface area contributed by atoms with Crippen molar-refractivity contribution in [2.45, 2.75) is 44.1 Å². The summed E-state index contributed by atoms with van der Waals surface area (Å²) in [7, 11) is 0. The Balaban J connectivity index is 1.88. The number of rotatable bonds is 2. The van der Waals surface area contributed by atoms with Crippen LogP contribution in [0.15, 0.2) is 6.33 Å². The molecule has 1 aromatic rings. The molecule has 0 N–H and O–H groups in total. The quantitative estimate of drug-likeness (QED) is 0.620. The van der Waals surface area contributed by atoms with Gasteiger partial charge in [-0.1, -0.05) is 18.0 Å². The Morgan fingerprint density at radius 3 is 2.95 bits per heavy atom. The SMILES string of the molecule is CC1CN2CCCCC2CN1c1ncnc(Cl)c1CCl. The molecule has 2 saturated heterocycles. The lowest BCUT2D eigenvalue weighted by atomic mass is 9.97. The van der Waals surface area contributed by atoms with Gasteiger partial charge in [-0.15, -0.1) is 11.6 Å². The minimum atomic E-state index is 0.354. The number of alkyl halides is 1. The summed E-state index contributed by atoms with van der Waals surface area (Å²) in [5.74, 6) is 1.27. The van der Waals surface area contributed by atoms with E-state index in [4.69, 9.17) is 23.2 Å². The Labute approximate surface area is 130 Å². The van der Waals surface area contributed by atoms with Crippen molar-refractivity contribution < 1.29 is 0 Å². The van der Waals surface area contributed by atoms with Gasteiger partial charge in [-0.2, -0.15) is 0 Å². The van der Waals surface area contributed by atoms with E-state index < -0.39 is 0 Å². The third-order valence-electron chi connectivity index (χ3n) is 4.46. The number of nitrogens with zero attached hydrogens (tertiary/aromatic N) is 4. The molecular weight excluding hydrogens is 295 g/mol. The molecule has 2 aliphatic heterocycles. The van der Waals surface area contributed by atoms with Gasteiger partial charge in [0.15, 0.2) is 0 Å². The summed E-state index contributed by atoms with van der Waals surface area (Å²) < 4.78 is 0. The number of piperidine rings is 1. The molecule has 2 atom stereocenters. The van der Waals surface area contributed by atoms with Gasteiger partial charge in [0.1, 0.15) is 17.3 Å². The summed E-state index contributed by atoms with van der Waals surface area (Å²) in [6.07, 6.45) is 5.47. The Bertz CT molecular complexity index is 482. The van der Waals surface area contributed by atoms with E-state index in [9.17, 15) is 0 Å². The average Bonchev–Trinajstić information content (AvgIpc) is 2.46. The van der Waals surface area contributed by atoms with E-state index in [1.165, 1.54) is 32.1 Å². The van der Waals surface area contributed by atoms with Crippen molar-refractivity contribution in [3.05, 3.63) is 17.0 Å². The number of hydrogen-bond donors (Lipinski definition) is 0. The van der Waals surface area contributed by atoms with Crippen LogP contribution in [-0.2, 0) is 5.88 Å². The van der Waals surface area contributed by atoms with Gasteiger partial charge in [0.2, 0.25) is 0 Å². The van der Waals surface area contributed by atoms with Gasteiger partial charge < -0.3 is 4.90 Å². The summed E-state index contributed by atoms with van der Waals surface area (Å²) in [6.45, 7) is 5.58. The largest absolute Gasteiger partial charge is 0.351 e. The van der Waals surface area contributed by atoms with Crippen LogP contribution >= 0.6 is 23.2 Å². The Morgan fingerprint density at radius 1 is 1.30 bits per heavy atom. The van der Waals surface area contributed by atoms with Gasteiger partial charge in [0.25, 0.3) is 0 Å². The lowest BCUT2D eigenvalue weighted by Gasteiger charge is -2.48. The second-order valence-electron chi connectivity index (χ2n) is 5.75. The number of fused-ring (bicyclic) bond motifs is 1. The third kappa shape index (κ3) is 2.61. The van der Waals surface area contributed by atoms with Crippen LogP contribution in [0.2, 0.25) is 5.15 Å². The van der Waals surface area contributed by atoms with Gasteiger partial charge >= 0.3 is 0 Å². The molecule has 0 spiro atoms. The van der Waals surface area contributed by atoms with Crippen molar-refractivity contribution in [1.29, 1.82) is 0 Å². The normalized spacial score (nSPS) is 27.4. The summed E-state index contributed by atoms with van der Waals surface area (Å²) in [6, 6.07) is 1.06. The Kier molecular flexibility index (Phi) is 4.34. The third-order valence-corrected chi connectivity index (χ3v) is 5.06. The molecule has 3 rings (SSSR count). The van der Waals surface area contributed by atoms with Crippen LogP contribution in [0.3, 0.4) is 0 Å². The zero-order valence-corrected chi connectivity index (χ0v) is 13.2. The summed E-state index contributed by atoms with van der Waals surface area (Å²) in [4.78, 5) is 13.5. The van der Waals surface area contributed by atoms with Crippen molar-refractivity contribution in [3.63, 3.8) is 0 Å². The highest BCUT2D eigenvalue weighted by molar-refractivity contribution is 6.31. The van der Waals surface area contributed by atoms with E-state index in [1.807, 2.05) is 0 Å². The molecule has 4 nitrogen and oxygen atoms in total. The first-order chi connectivity index (χ1) is 9.70. The maximum absolute atomic E-state index is 6.16. The van der Waals surface area contributed by atoms with E-state index >= 15 is 0 Å². The lowest BCUT2D eigenvalue weighted by molar-refractivity contribution is 0.115. The number of piperazine rings is 1. The number of anilines is 1. The van der Waals surface area contributed by atoms with Gasteiger partial charge in [0, 0.05) is 30.7 Å². The predicted octanol–water partition coefficient (Wildman–Crippen LogP) is 2.93. The van der Waals surface area contributed by atoms with E-state index in [1.54, 1.807) is 0 Å². The fourth-order valence-electron chi connectivity index (χ4n) is 3.39. The molecule has 0 aliphatic carbocycles. The fourth-order valence-corrected chi connectivity index (χ4v) is 3.90. The molecule has 6 heteroatoms. The highest BCUT2D eigenvalue weighted by atomic mass is 35.5. The van der Waals surface area contributed by atoms with E-state index in [2.05, 4.69) is 26.7 Å². The average molecular weight is 315 g/mol. The van der Waals surface area contributed by atoms with Gasteiger partial charge in [-0.3, -0.25) is 4.90 Å². The maximum atomic E-state index is 6.16. The highest BCUT2D eigenvalue weighted by Crippen LogP contribution is 2.31. The van der Waals surface area contributed by atoms with Gasteiger partial charge in [-0.05, 0) is 26.3 Å². The number of halogens is 2. The summed E-state index contributed by atoms with van der Waals surface area (Å²) in [5.41, 5.74) is 0.854. The van der Waals surface area contributed by atoms with Crippen molar-refractivity contribution in [2.24, 2.45) is 0 Å². The molecule has 20 heavy (non-hydrogen) atoms. The molecule has 0 radical (unpaired) electrons. The smallest absolute Gasteiger partial charge is 0.138 e. The zero-order valence-electron chi connectivity index (χ0n) is 11.7. The second-order valence-corrected chi connectivity index (χ2v) is 6.37. The zero-order chi connectivity index (χ0) is 14.1. The van der Waals surface area contributed by atoms with Crippen LogP contribution in [0.1, 0.15) is 31.7 Å². The standard InChI is InChI=1S/C14H20Cl2N4/c1-10-7-19-5-3-2-4-11(19)8-20(10)14-12(6-15)13(16)17-9-18-14/h9-11H,2-8H2,1H3. The molecule has 2 aliphatic rings. The number of aromatic nitrogens is 2. The molecule has 1 aromatic heterocycles. The van der Waals surface area contributed by atoms with Crippen molar-refractivity contribution in [3.8, 4) is 0 Å². The van der Waals surface area contributed by atoms with E-state index in [-0.39, 0.29) is 0 Å². The fraction of sp³-hybridized carbons (Fsp3) is 0.714. The summed E-state index contributed by atoms with van der Waals surface area (Å²) in [5, 5.41) is 0.475. The highest BCUT2D eigenvalue weighted by Gasteiger charge is 2.34. The number of hydrogen-bond acceptors (Lipinski definition) is 4. The molecule has 2 unspecified atom stereocenters. The molecule has 0 amide bonds. The molecular formula is C14H20Cl2N4. The van der Waals surface area contributed by atoms with Crippen LogP contribution in [0.25, 0.3) is 0 Å². The first-order valence-electron chi connectivity index (χ1n) is 7.26.